The molecule has 1 fully saturated rings. The van der Waals surface area contributed by atoms with Crippen LogP contribution in [0.1, 0.15) is 29.4 Å². The van der Waals surface area contributed by atoms with Gasteiger partial charge in [0.15, 0.2) is 5.69 Å². The second-order valence-corrected chi connectivity index (χ2v) is 9.22. The highest BCUT2D eigenvalue weighted by Crippen LogP contribution is 2.36. The third kappa shape index (κ3) is 5.58. The second-order valence-electron chi connectivity index (χ2n) is 8.79. The summed E-state index contributed by atoms with van der Waals surface area (Å²) in [6.45, 7) is 0.708. The molecule has 2 aromatic heterocycles. The highest BCUT2D eigenvalue weighted by molar-refractivity contribution is 6.30. The monoisotopic (exact) mass is 528 g/mol. The molecule has 1 saturated heterocycles. The van der Waals surface area contributed by atoms with Crippen LogP contribution < -0.4 is 5.32 Å². The number of amides is 1. The minimum absolute atomic E-state index is 0.0135. The van der Waals surface area contributed by atoms with Crippen molar-refractivity contribution in [3.05, 3.63) is 59.1 Å². The van der Waals surface area contributed by atoms with E-state index in [1.54, 1.807) is 44.4 Å². The summed E-state index contributed by atoms with van der Waals surface area (Å²) >= 11 is 6.09. The number of likely N-dealkylation sites (tertiary alicyclic amines) is 1. The van der Waals surface area contributed by atoms with Crippen molar-refractivity contribution < 1.29 is 26.7 Å². The van der Waals surface area contributed by atoms with Crippen LogP contribution in [0, 0.1) is 5.92 Å². The zero-order valence-corrected chi connectivity index (χ0v) is 20.0. The van der Waals surface area contributed by atoms with Crippen molar-refractivity contribution in [2.45, 2.75) is 31.5 Å². The Balaban J connectivity index is 1.61. The number of aryl methyl sites for hydroxylation is 1. The SMILES string of the molecule is CC1CC(F)(F)CN(C(=O)c2nn(C)cc2-c2cccc(Cl)c2)C1CNc1ncc(C(F)(F)F)cn1. The molecular formula is C23H22ClF5N6O. The van der Waals surface area contributed by atoms with Crippen LogP contribution >= 0.6 is 11.6 Å². The predicted molar refractivity (Wildman–Crippen MR) is 123 cm³/mol. The maximum Gasteiger partial charge on any atom is 0.419 e. The Morgan fingerprint density at radius 1 is 1.25 bits per heavy atom. The summed E-state index contributed by atoms with van der Waals surface area (Å²) in [6, 6.07) is 6.02. The number of hydrogen-bond donors (Lipinski definition) is 1. The van der Waals surface area contributed by atoms with Crippen molar-refractivity contribution in [3.8, 4) is 11.1 Å². The lowest BCUT2D eigenvalue weighted by molar-refractivity contribution is -0.138. The fraction of sp³-hybridized carbons (Fsp3) is 0.391. The largest absolute Gasteiger partial charge is 0.419 e. The van der Waals surface area contributed by atoms with E-state index >= 15 is 0 Å². The number of nitrogens with zero attached hydrogens (tertiary/aromatic N) is 5. The van der Waals surface area contributed by atoms with Crippen molar-refractivity contribution in [2.75, 3.05) is 18.4 Å². The number of anilines is 1. The first kappa shape index (κ1) is 25.8. The number of halogens is 6. The quantitative estimate of drug-likeness (QED) is 0.464. The molecule has 3 heterocycles. The Kier molecular flexibility index (Phi) is 6.91. The average Bonchev–Trinajstić information content (AvgIpc) is 3.18. The molecule has 36 heavy (non-hydrogen) atoms. The smallest absolute Gasteiger partial charge is 0.352 e. The summed E-state index contributed by atoms with van der Waals surface area (Å²) in [5, 5.41) is 7.45. The summed E-state index contributed by atoms with van der Waals surface area (Å²) < 4.78 is 68.9. The van der Waals surface area contributed by atoms with Crippen molar-refractivity contribution in [2.24, 2.45) is 13.0 Å². The van der Waals surface area contributed by atoms with Gasteiger partial charge in [-0.2, -0.15) is 18.3 Å². The van der Waals surface area contributed by atoms with Gasteiger partial charge >= 0.3 is 6.18 Å². The van der Waals surface area contributed by atoms with Crippen LogP contribution in [0.5, 0.6) is 0 Å². The van der Waals surface area contributed by atoms with Crippen LogP contribution in [0.3, 0.4) is 0 Å². The maximum absolute atomic E-state index is 14.6. The average molecular weight is 529 g/mol. The third-order valence-corrected chi connectivity index (χ3v) is 6.19. The topological polar surface area (TPSA) is 75.9 Å². The lowest BCUT2D eigenvalue weighted by Gasteiger charge is -2.43. The van der Waals surface area contributed by atoms with Crippen LogP contribution in [0.4, 0.5) is 27.9 Å². The highest BCUT2D eigenvalue weighted by atomic mass is 35.5. The number of carbonyl (C=O) groups excluding carboxylic acids is 1. The molecule has 192 valence electrons. The molecule has 1 amide bonds. The molecule has 0 saturated carbocycles. The summed E-state index contributed by atoms with van der Waals surface area (Å²) in [5.41, 5.74) is 0.00703. The summed E-state index contributed by atoms with van der Waals surface area (Å²) in [4.78, 5) is 22.0. The number of aromatic nitrogens is 4. The van der Waals surface area contributed by atoms with E-state index in [0.29, 0.717) is 28.5 Å². The molecule has 0 bridgehead atoms. The molecule has 1 aromatic carbocycles. The molecule has 2 atom stereocenters. The Labute approximate surface area is 208 Å². The fourth-order valence-corrected chi connectivity index (χ4v) is 4.48. The molecule has 1 aliphatic heterocycles. The molecule has 3 aromatic rings. The molecule has 0 aliphatic carbocycles. The molecule has 7 nitrogen and oxygen atoms in total. The molecule has 2 unspecified atom stereocenters. The van der Waals surface area contributed by atoms with Crippen LogP contribution in [-0.2, 0) is 13.2 Å². The van der Waals surface area contributed by atoms with Gasteiger partial charge < -0.3 is 10.2 Å². The number of carbonyl (C=O) groups is 1. The predicted octanol–water partition coefficient (Wildman–Crippen LogP) is 5.15. The first-order chi connectivity index (χ1) is 16.8. The van der Waals surface area contributed by atoms with Gasteiger partial charge in [0.1, 0.15) is 0 Å². The number of rotatable bonds is 5. The first-order valence-electron chi connectivity index (χ1n) is 11.0. The van der Waals surface area contributed by atoms with Crippen molar-refractivity contribution >= 4 is 23.5 Å². The zero-order valence-electron chi connectivity index (χ0n) is 19.2. The standard InChI is InChI=1S/C23H22ClF5N6O/c1-13-7-22(25,26)12-35(18(13)10-32-21-30-8-15(9-31-21)23(27,28)29)20(36)19-17(11-34(2)33-19)14-4-3-5-16(24)6-14/h3-6,8-9,11,13,18H,7,10,12H2,1-2H3,(H,30,31,32). The highest BCUT2D eigenvalue weighted by Gasteiger charge is 2.47. The van der Waals surface area contributed by atoms with E-state index in [9.17, 15) is 26.7 Å². The van der Waals surface area contributed by atoms with Crippen LogP contribution in [0.15, 0.2) is 42.9 Å². The Bertz CT molecular complexity index is 1250. The summed E-state index contributed by atoms with van der Waals surface area (Å²) in [7, 11) is 1.61. The van der Waals surface area contributed by atoms with Gasteiger partial charge in [-0.05, 0) is 23.6 Å². The second kappa shape index (κ2) is 9.64. The van der Waals surface area contributed by atoms with Crippen LogP contribution in [-0.4, -0.2) is 55.6 Å². The van der Waals surface area contributed by atoms with Gasteiger partial charge in [0, 0.05) is 49.2 Å². The van der Waals surface area contributed by atoms with E-state index < -0.39 is 48.5 Å². The Hall–Kier alpha value is -3.28. The fourth-order valence-electron chi connectivity index (χ4n) is 4.29. The number of alkyl halides is 5. The van der Waals surface area contributed by atoms with Crippen LogP contribution in [0.25, 0.3) is 11.1 Å². The molecular weight excluding hydrogens is 507 g/mol. The van der Waals surface area contributed by atoms with Gasteiger partial charge in [-0.15, -0.1) is 0 Å². The van der Waals surface area contributed by atoms with Crippen molar-refractivity contribution in [1.82, 2.24) is 24.6 Å². The number of hydrogen-bond acceptors (Lipinski definition) is 5. The number of nitrogens with one attached hydrogen (secondary N) is 1. The van der Waals surface area contributed by atoms with E-state index in [1.807, 2.05) is 0 Å². The Morgan fingerprint density at radius 2 is 1.94 bits per heavy atom. The normalized spacial score (nSPS) is 19.8. The molecule has 1 N–H and O–H groups in total. The third-order valence-electron chi connectivity index (χ3n) is 5.96. The number of piperidine rings is 1. The Morgan fingerprint density at radius 3 is 2.58 bits per heavy atom. The van der Waals surface area contributed by atoms with Crippen molar-refractivity contribution in [3.63, 3.8) is 0 Å². The molecule has 4 rings (SSSR count). The molecule has 1 aliphatic rings. The van der Waals surface area contributed by atoms with Crippen LogP contribution in [0.2, 0.25) is 5.02 Å². The van der Waals surface area contributed by atoms with E-state index in [-0.39, 0.29) is 18.2 Å². The molecule has 0 spiro atoms. The lowest BCUT2D eigenvalue weighted by Crippen LogP contribution is -2.57. The first-order valence-corrected chi connectivity index (χ1v) is 11.3. The number of benzene rings is 1. The van der Waals surface area contributed by atoms with Crippen molar-refractivity contribution in [1.29, 1.82) is 0 Å². The van der Waals surface area contributed by atoms with E-state index in [1.165, 1.54) is 4.68 Å². The minimum atomic E-state index is -4.59. The minimum Gasteiger partial charge on any atom is -0.352 e. The molecule has 0 radical (unpaired) electrons. The molecule has 13 heteroatoms. The van der Waals surface area contributed by atoms with Gasteiger partial charge in [0.25, 0.3) is 11.8 Å². The van der Waals surface area contributed by atoms with Gasteiger partial charge in [-0.1, -0.05) is 30.7 Å². The van der Waals surface area contributed by atoms with Gasteiger partial charge in [0.05, 0.1) is 18.2 Å². The van der Waals surface area contributed by atoms with Gasteiger partial charge in [-0.3, -0.25) is 9.48 Å². The summed E-state index contributed by atoms with van der Waals surface area (Å²) in [5.74, 6) is -4.58. The van der Waals surface area contributed by atoms with E-state index in [2.05, 4.69) is 20.4 Å². The maximum atomic E-state index is 14.6. The van der Waals surface area contributed by atoms with E-state index in [0.717, 1.165) is 4.90 Å². The van der Waals surface area contributed by atoms with E-state index in [4.69, 9.17) is 11.6 Å². The van der Waals surface area contributed by atoms with Gasteiger partial charge in [-0.25, -0.2) is 18.7 Å². The zero-order chi connectivity index (χ0) is 26.3. The van der Waals surface area contributed by atoms with Gasteiger partial charge in [0.2, 0.25) is 5.95 Å². The summed E-state index contributed by atoms with van der Waals surface area (Å²) in [6.07, 6.45) is -2.19. The lowest BCUT2D eigenvalue weighted by atomic mass is 9.88.